The third kappa shape index (κ3) is 2.24. The molecule has 0 atom stereocenters. The van der Waals surface area contributed by atoms with Gasteiger partial charge in [-0.1, -0.05) is 48.9 Å². The number of aryl methyl sites for hydroxylation is 1. The zero-order valence-electron chi connectivity index (χ0n) is 8.90. The summed E-state index contributed by atoms with van der Waals surface area (Å²) in [4.78, 5) is 0. The van der Waals surface area contributed by atoms with Crippen molar-refractivity contribution in [2.24, 2.45) is 0 Å². The lowest BCUT2D eigenvalue weighted by molar-refractivity contribution is 0.770. The zero-order valence-corrected chi connectivity index (χ0v) is 8.90. The van der Waals surface area contributed by atoms with Crippen LogP contribution >= 0.6 is 0 Å². The van der Waals surface area contributed by atoms with E-state index in [4.69, 9.17) is 0 Å². The Morgan fingerprint density at radius 1 is 1.20 bits per heavy atom. The smallest absolute Gasteiger partial charge is 0.0904 e. The number of unbranched alkanes of at least 4 members (excludes halogenated alkanes) is 1. The lowest BCUT2D eigenvalue weighted by Gasteiger charge is -2.00. The molecule has 1 aromatic heterocycles. The number of benzene rings is 1. The van der Waals surface area contributed by atoms with E-state index in [1.165, 1.54) is 6.42 Å². The zero-order chi connectivity index (χ0) is 10.5. The van der Waals surface area contributed by atoms with Crippen LogP contribution in [0.1, 0.15) is 25.5 Å². The minimum atomic E-state index is 0.997. The van der Waals surface area contributed by atoms with Crippen molar-refractivity contribution in [2.45, 2.75) is 26.2 Å². The quantitative estimate of drug-likeness (QED) is 0.826. The molecular weight excluding hydrogens is 186 g/mol. The van der Waals surface area contributed by atoms with Gasteiger partial charge in [-0.2, -0.15) is 0 Å². The SMILES string of the molecule is CCCCc1nn[nH]c1-c1ccccc1. The Morgan fingerprint density at radius 2 is 2.00 bits per heavy atom. The summed E-state index contributed by atoms with van der Waals surface area (Å²) in [6, 6.07) is 10.2. The van der Waals surface area contributed by atoms with Gasteiger partial charge in [0.2, 0.25) is 0 Å². The molecule has 1 aromatic carbocycles. The number of hydrogen-bond donors (Lipinski definition) is 1. The second-order valence-electron chi connectivity index (χ2n) is 3.60. The van der Waals surface area contributed by atoms with Crippen molar-refractivity contribution in [1.82, 2.24) is 15.4 Å². The van der Waals surface area contributed by atoms with Crippen molar-refractivity contribution in [3.05, 3.63) is 36.0 Å². The van der Waals surface area contributed by atoms with Crippen LogP contribution in [0.15, 0.2) is 30.3 Å². The molecule has 0 aliphatic heterocycles. The molecule has 0 bridgehead atoms. The van der Waals surface area contributed by atoms with E-state index in [1.807, 2.05) is 18.2 Å². The van der Waals surface area contributed by atoms with Gasteiger partial charge < -0.3 is 0 Å². The molecule has 0 aliphatic rings. The highest BCUT2D eigenvalue weighted by atomic mass is 15.3. The number of nitrogens with zero attached hydrogens (tertiary/aromatic N) is 2. The van der Waals surface area contributed by atoms with E-state index in [1.54, 1.807) is 0 Å². The monoisotopic (exact) mass is 201 g/mol. The fraction of sp³-hybridized carbons (Fsp3) is 0.333. The van der Waals surface area contributed by atoms with Crippen LogP contribution < -0.4 is 0 Å². The maximum absolute atomic E-state index is 4.12. The molecule has 0 saturated carbocycles. The van der Waals surface area contributed by atoms with Crippen LogP contribution in [0.3, 0.4) is 0 Å². The molecular formula is C12H15N3. The molecule has 78 valence electrons. The Labute approximate surface area is 89.5 Å². The van der Waals surface area contributed by atoms with Crippen molar-refractivity contribution >= 4 is 0 Å². The Bertz CT molecular complexity index is 406. The van der Waals surface area contributed by atoms with E-state index in [-0.39, 0.29) is 0 Å². The molecule has 2 rings (SSSR count). The number of nitrogens with one attached hydrogen (secondary N) is 1. The van der Waals surface area contributed by atoms with Crippen LogP contribution in [0.4, 0.5) is 0 Å². The van der Waals surface area contributed by atoms with Gasteiger partial charge in [0.25, 0.3) is 0 Å². The van der Waals surface area contributed by atoms with Crippen molar-refractivity contribution in [1.29, 1.82) is 0 Å². The Morgan fingerprint density at radius 3 is 2.73 bits per heavy atom. The summed E-state index contributed by atoms with van der Waals surface area (Å²) in [6.07, 6.45) is 3.34. The van der Waals surface area contributed by atoms with Crippen LogP contribution in [-0.4, -0.2) is 15.4 Å². The summed E-state index contributed by atoms with van der Waals surface area (Å²) < 4.78 is 0. The average Bonchev–Trinajstić information content (AvgIpc) is 2.75. The topological polar surface area (TPSA) is 41.6 Å². The summed E-state index contributed by atoms with van der Waals surface area (Å²) in [5.41, 5.74) is 3.29. The number of aromatic amines is 1. The summed E-state index contributed by atoms with van der Waals surface area (Å²) in [5.74, 6) is 0. The Hall–Kier alpha value is -1.64. The van der Waals surface area contributed by atoms with Gasteiger partial charge >= 0.3 is 0 Å². The van der Waals surface area contributed by atoms with Gasteiger partial charge in [-0.15, -0.1) is 5.10 Å². The van der Waals surface area contributed by atoms with E-state index in [9.17, 15) is 0 Å². The molecule has 1 N–H and O–H groups in total. The van der Waals surface area contributed by atoms with Gasteiger partial charge in [0.1, 0.15) is 0 Å². The van der Waals surface area contributed by atoms with Crippen molar-refractivity contribution in [3.63, 3.8) is 0 Å². The van der Waals surface area contributed by atoms with Gasteiger partial charge in [-0.3, -0.25) is 5.10 Å². The maximum Gasteiger partial charge on any atom is 0.0904 e. The number of rotatable bonds is 4. The Balaban J connectivity index is 2.25. The van der Waals surface area contributed by atoms with Crippen molar-refractivity contribution < 1.29 is 0 Å². The standard InChI is InChI=1S/C12H15N3/c1-2-3-9-11-12(14-15-13-11)10-7-5-4-6-8-10/h4-8H,2-3,9H2,1H3,(H,13,14,15). The first-order chi connectivity index (χ1) is 7.42. The Kier molecular flexibility index (Phi) is 3.12. The average molecular weight is 201 g/mol. The third-order valence-corrected chi connectivity index (χ3v) is 2.45. The van der Waals surface area contributed by atoms with Gasteiger partial charge in [0.15, 0.2) is 0 Å². The van der Waals surface area contributed by atoms with Gasteiger partial charge in [-0.25, -0.2) is 0 Å². The number of hydrogen-bond acceptors (Lipinski definition) is 2. The second kappa shape index (κ2) is 4.73. The molecule has 0 amide bonds. The van der Waals surface area contributed by atoms with E-state index in [2.05, 4.69) is 34.5 Å². The molecule has 0 spiro atoms. The highest BCUT2D eigenvalue weighted by Crippen LogP contribution is 2.20. The fourth-order valence-corrected chi connectivity index (χ4v) is 1.61. The molecule has 0 aliphatic carbocycles. The first kappa shape index (κ1) is 9.90. The molecule has 15 heavy (non-hydrogen) atoms. The maximum atomic E-state index is 4.12. The first-order valence-electron chi connectivity index (χ1n) is 5.37. The molecule has 2 aromatic rings. The second-order valence-corrected chi connectivity index (χ2v) is 3.60. The summed E-state index contributed by atoms with van der Waals surface area (Å²) in [6.45, 7) is 2.18. The molecule has 3 nitrogen and oxygen atoms in total. The van der Waals surface area contributed by atoms with Gasteiger partial charge in [-0.05, 0) is 12.8 Å². The lowest BCUT2D eigenvalue weighted by atomic mass is 10.1. The van der Waals surface area contributed by atoms with Crippen LogP contribution in [0.25, 0.3) is 11.3 Å². The fourth-order valence-electron chi connectivity index (χ4n) is 1.61. The molecule has 3 heteroatoms. The first-order valence-corrected chi connectivity index (χ1v) is 5.37. The molecule has 0 saturated heterocycles. The minimum Gasteiger partial charge on any atom is -0.257 e. The molecule has 0 fully saturated rings. The largest absolute Gasteiger partial charge is 0.257 e. The normalized spacial score (nSPS) is 10.5. The summed E-state index contributed by atoms with van der Waals surface area (Å²) in [7, 11) is 0. The summed E-state index contributed by atoms with van der Waals surface area (Å²) >= 11 is 0. The van der Waals surface area contributed by atoms with Crippen LogP contribution in [0.2, 0.25) is 0 Å². The summed E-state index contributed by atoms with van der Waals surface area (Å²) in [5, 5.41) is 11.0. The number of H-pyrrole nitrogens is 1. The third-order valence-electron chi connectivity index (χ3n) is 2.45. The van der Waals surface area contributed by atoms with E-state index in [0.29, 0.717) is 0 Å². The van der Waals surface area contributed by atoms with Gasteiger partial charge in [0, 0.05) is 5.56 Å². The van der Waals surface area contributed by atoms with Crippen LogP contribution in [-0.2, 0) is 6.42 Å². The minimum absolute atomic E-state index is 0.997. The highest BCUT2D eigenvalue weighted by Gasteiger charge is 2.07. The van der Waals surface area contributed by atoms with Crippen LogP contribution in [0, 0.1) is 0 Å². The number of aromatic nitrogens is 3. The van der Waals surface area contributed by atoms with Crippen molar-refractivity contribution in [3.8, 4) is 11.3 Å². The van der Waals surface area contributed by atoms with Crippen molar-refractivity contribution in [2.75, 3.05) is 0 Å². The van der Waals surface area contributed by atoms with E-state index < -0.39 is 0 Å². The van der Waals surface area contributed by atoms with Gasteiger partial charge in [0.05, 0.1) is 11.4 Å². The lowest BCUT2D eigenvalue weighted by Crippen LogP contribution is -1.89. The highest BCUT2D eigenvalue weighted by molar-refractivity contribution is 5.60. The van der Waals surface area contributed by atoms with E-state index in [0.717, 1.165) is 29.8 Å². The predicted octanol–water partition coefficient (Wildman–Crippen LogP) is 2.81. The predicted molar refractivity (Wildman–Crippen MR) is 60.4 cm³/mol. The van der Waals surface area contributed by atoms with Crippen LogP contribution in [0.5, 0.6) is 0 Å². The molecule has 1 heterocycles. The van der Waals surface area contributed by atoms with E-state index >= 15 is 0 Å². The molecule has 0 radical (unpaired) electrons. The molecule has 0 unspecified atom stereocenters.